The van der Waals surface area contributed by atoms with Crippen LogP contribution in [-0.4, -0.2) is 52.4 Å². The molecule has 0 aliphatic carbocycles. The van der Waals surface area contributed by atoms with Crippen molar-refractivity contribution in [1.82, 2.24) is 14.9 Å². The van der Waals surface area contributed by atoms with Crippen LogP contribution in [0.1, 0.15) is 0 Å². The number of aromatic nitrogens is 2. The zero-order valence-electron chi connectivity index (χ0n) is 18.0. The summed E-state index contributed by atoms with van der Waals surface area (Å²) in [5.41, 5.74) is 6.97. The first-order valence-corrected chi connectivity index (χ1v) is 10.6. The topological polar surface area (TPSA) is 105 Å². The lowest BCUT2D eigenvalue weighted by Gasteiger charge is -2.45. The van der Waals surface area contributed by atoms with Crippen LogP contribution in [0.25, 0.3) is 0 Å². The minimum absolute atomic E-state index is 0.0451. The highest BCUT2D eigenvalue weighted by Gasteiger charge is 2.47. The average molecular weight is 460 g/mol. The van der Waals surface area contributed by atoms with E-state index in [9.17, 15) is 9.59 Å². The van der Waals surface area contributed by atoms with Crippen LogP contribution in [0.3, 0.4) is 0 Å². The van der Waals surface area contributed by atoms with Gasteiger partial charge >= 0.3 is 0 Å². The molecular weight excluding hydrogens is 439 g/mol. The first-order valence-electron chi connectivity index (χ1n) is 10.6. The number of amides is 1. The van der Waals surface area contributed by atoms with Crippen LogP contribution in [0.2, 0.25) is 0 Å². The number of carbonyl (C=O) groups excluding carboxylic acids is 2. The number of nitrogens with zero attached hydrogens (tertiary/aromatic N) is 5. The second kappa shape index (κ2) is 8.47. The van der Waals surface area contributed by atoms with E-state index in [0.29, 0.717) is 36.0 Å². The summed E-state index contributed by atoms with van der Waals surface area (Å²) in [4.78, 5) is 37.6. The van der Waals surface area contributed by atoms with E-state index in [2.05, 4.69) is 16.5 Å². The molecule has 9 nitrogen and oxygen atoms in total. The number of benzene rings is 2. The number of para-hydroxylation sites is 1. The second-order valence-electron chi connectivity index (χ2n) is 7.89. The number of nitrogen functional groups attached to an aromatic ring is 1. The molecule has 1 saturated heterocycles. The predicted molar refractivity (Wildman–Crippen MR) is 124 cm³/mol. The molecular formula is C24H21FN6O3. The molecule has 1 amide bonds. The average Bonchev–Trinajstić information content (AvgIpc) is 3.15. The van der Waals surface area contributed by atoms with Gasteiger partial charge < -0.3 is 25.2 Å². The lowest BCUT2D eigenvalue weighted by atomic mass is 10.1. The van der Waals surface area contributed by atoms with Gasteiger partial charge in [-0.2, -0.15) is 0 Å². The number of likely N-dealkylation sites (tertiary alicyclic amines) is 1. The molecule has 0 bridgehead atoms. The van der Waals surface area contributed by atoms with E-state index >= 15 is 4.39 Å². The van der Waals surface area contributed by atoms with Gasteiger partial charge in [0.2, 0.25) is 5.91 Å². The Morgan fingerprint density at radius 3 is 2.62 bits per heavy atom. The molecule has 3 heterocycles. The lowest BCUT2D eigenvalue weighted by molar-refractivity contribution is -0.130. The number of hydrogen-bond acceptors (Lipinski definition) is 8. The SMILES string of the molecule is C=CC(=O)N1CC(N2c3ncnc(N)c3N(c3ccc(Oc4ccccc4)c(F)c3)C2C=O)C1. The van der Waals surface area contributed by atoms with Crippen molar-refractivity contribution in [2.24, 2.45) is 0 Å². The van der Waals surface area contributed by atoms with Crippen molar-refractivity contribution in [1.29, 1.82) is 0 Å². The first-order chi connectivity index (χ1) is 16.5. The maximum Gasteiger partial charge on any atom is 0.246 e. The minimum atomic E-state index is -0.847. The molecule has 1 fully saturated rings. The van der Waals surface area contributed by atoms with Gasteiger partial charge in [0.15, 0.2) is 35.7 Å². The van der Waals surface area contributed by atoms with E-state index < -0.39 is 12.0 Å². The molecule has 2 aromatic carbocycles. The lowest BCUT2D eigenvalue weighted by Crippen LogP contribution is -2.64. The maximum atomic E-state index is 15.0. The van der Waals surface area contributed by atoms with Crippen molar-refractivity contribution in [3.8, 4) is 11.5 Å². The Labute approximate surface area is 194 Å². The molecule has 3 aromatic rings. The number of nitrogens with two attached hydrogens (primary N) is 1. The molecule has 1 unspecified atom stereocenters. The van der Waals surface area contributed by atoms with Gasteiger partial charge in [-0.3, -0.25) is 9.59 Å². The van der Waals surface area contributed by atoms with E-state index in [1.54, 1.807) is 45.0 Å². The summed E-state index contributed by atoms with van der Waals surface area (Å²) in [5.74, 6) is 0.358. The minimum Gasteiger partial charge on any atom is -0.454 e. The van der Waals surface area contributed by atoms with Crippen molar-refractivity contribution >= 4 is 35.2 Å². The molecule has 34 heavy (non-hydrogen) atoms. The fourth-order valence-corrected chi connectivity index (χ4v) is 4.26. The molecule has 0 radical (unpaired) electrons. The smallest absolute Gasteiger partial charge is 0.246 e. The van der Waals surface area contributed by atoms with Crippen LogP contribution in [0, 0.1) is 5.82 Å². The van der Waals surface area contributed by atoms with E-state index in [-0.39, 0.29) is 23.5 Å². The highest BCUT2D eigenvalue weighted by atomic mass is 19.1. The summed E-state index contributed by atoms with van der Waals surface area (Å²) < 4.78 is 20.7. The third-order valence-corrected chi connectivity index (χ3v) is 5.89. The Kier molecular flexibility index (Phi) is 5.33. The van der Waals surface area contributed by atoms with E-state index in [1.165, 1.54) is 24.5 Å². The summed E-state index contributed by atoms with van der Waals surface area (Å²) in [6.45, 7) is 4.29. The fourth-order valence-electron chi connectivity index (χ4n) is 4.26. The van der Waals surface area contributed by atoms with Crippen LogP contribution in [0.15, 0.2) is 67.5 Å². The third kappa shape index (κ3) is 3.49. The van der Waals surface area contributed by atoms with Crippen molar-refractivity contribution in [2.45, 2.75) is 12.2 Å². The number of aldehydes is 1. The number of halogens is 1. The quantitative estimate of drug-likeness (QED) is 0.442. The van der Waals surface area contributed by atoms with Gasteiger partial charge in [0.25, 0.3) is 0 Å². The molecule has 2 aliphatic rings. The molecule has 1 atom stereocenters. The van der Waals surface area contributed by atoms with Gasteiger partial charge in [0, 0.05) is 24.8 Å². The van der Waals surface area contributed by atoms with Crippen molar-refractivity contribution in [3.05, 3.63) is 73.3 Å². The highest BCUT2D eigenvalue weighted by Crippen LogP contribution is 2.47. The first kappa shape index (κ1) is 21.4. The van der Waals surface area contributed by atoms with Crippen LogP contribution in [0.5, 0.6) is 11.5 Å². The zero-order valence-corrected chi connectivity index (χ0v) is 18.0. The molecule has 172 valence electrons. The molecule has 5 rings (SSSR count). The molecule has 0 saturated carbocycles. The predicted octanol–water partition coefficient (Wildman–Crippen LogP) is 2.87. The Hall–Kier alpha value is -4.47. The molecule has 2 N–H and O–H groups in total. The van der Waals surface area contributed by atoms with E-state index in [0.717, 1.165) is 6.29 Å². The summed E-state index contributed by atoms with van der Waals surface area (Å²) in [6, 6.07) is 13.1. The van der Waals surface area contributed by atoms with Gasteiger partial charge in [-0.15, -0.1) is 0 Å². The highest BCUT2D eigenvalue weighted by molar-refractivity contribution is 5.94. The van der Waals surface area contributed by atoms with Crippen LogP contribution in [0.4, 0.5) is 27.4 Å². The summed E-state index contributed by atoms with van der Waals surface area (Å²) in [7, 11) is 0. The third-order valence-electron chi connectivity index (χ3n) is 5.89. The van der Waals surface area contributed by atoms with Crippen molar-refractivity contribution < 1.29 is 18.7 Å². The largest absolute Gasteiger partial charge is 0.454 e. The van der Waals surface area contributed by atoms with Gasteiger partial charge in [0.1, 0.15) is 17.8 Å². The Morgan fingerprint density at radius 1 is 1.18 bits per heavy atom. The standard InChI is InChI=1S/C24H21FN6O3/c1-2-21(33)29-11-16(12-29)31-20(13-32)30(22-23(26)27-14-28-24(22)31)15-8-9-19(18(25)10-15)34-17-6-4-3-5-7-17/h2-10,13-14,16,20H,1,11-12H2,(H2,26,27,28). The summed E-state index contributed by atoms with van der Waals surface area (Å²) >= 11 is 0. The molecule has 1 aromatic heterocycles. The van der Waals surface area contributed by atoms with E-state index in [1.807, 2.05) is 6.07 Å². The summed E-state index contributed by atoms with van der Waals surface area (Å²) in [6.07, 6.45) is 2.46. The Bertz CT molecular complexity index is 1260. The zero-order chi connectivity index (χ0) is 23.8. The normalized spacial score (nSPS) is 17.2. The number of ether oxygens (including phenoxy) is 1. The van der Waals surface area contributed by atoms with Gasteiger partial charge in [0.05, 0.1) is 6.04 Å². The van der Waals surface area contributed by atoms with Gasteiger partial charge in [-0.1, -0.05) is 24.8 Å². The number of rotatable bonds is 6. The van der Waals surface area contributed by atoms with E-state index in [4.69, 9.17) is 10.5 Å². The molecule has 0 spiro atoms. The van der Waals surface area contributed by atoms with Crippen LogP contribution in [-0.2, 0) is 9.59 Å². The molecule has 2 aliphatic heterocycles. The van der Waals surface area contributed by atoms with Crippen molar-refractivity contribution in [3.63, 3.8) is 0 Å². The molecule has 10 heteroatoms. The van der Waals surface area contributed by atoms with Crippen molar-refractivity contribution in [2.75, 3.05) is 28.6 Å². The number of carbonyl (C=O) groups is 2. The van der Waals surface area contributed by atoms with Crippen LogP contribution < -0.4 is 20.3 Å². The summed E-state index contributed by atoms with van der Waals surface area (Å²) in [5, 5.41) is 0. The van der Waals surface area contributed by atoms with Crippen LogP contribution >= 0.6 is 0 Å². The number of anilines is 4. The number of hydrogen-bond donors (Lipinski definition) is 1. The van der Waals surface area contributed by atoms with Gasteiger partial charge in [-0.05, 0) is 30.3 Å². The Morgan fingerprint density at radius 2 is 1.94 bits per heavy atom. The number of fused-ring (bicyclic) bond motifs is 1. The van der Waals surface area contributed by atoms with Gasteiger partial charge in [-0.25, -0.2) is 14.4 Å². The maximum absolute atomic E-state index is 15.0. The fraction of sp³-hybridized carbons (Fsp3) is 0.167. The second-order valence-corrected chi connectivity index (χ2v) is 7.89. The Balaban J connectivity index is 1.49. The monoisotopic (exact) mass is 460 g/mol.